The number of hydrogen-bond donors (Lipinski definition) is 0. The lowest BCUT2D eigenvalue weighted by Crippen LogP contribution is -2.13. The monoisotopic (exact) mass is 270 g/mol. The van der Waals surface area contributed by atoms with Gasteiger partial charge in [0.05, 0.1) is 5.75 Å². The fourth-order valence-corrected chi connectivity index (χ4v) is 2.78. The summed E-state index contributed by atoms with van der Waals surface area (Å²) >= 11 is 1.18. The van der Waals surface area contributed by atoms with Crippen LogP contribution < -0.4 is 0 Å². The number of hydrogen-bond acceptors (Lipinski definition) is 3. The fourth-order valence-electron chi connectivity index (χ4n) is 1.96. The summed E-state index contributed by atoms with van der Waals surface area (Å²) in [6.45, 7) is 11.9. The van der Waals surface area contributed by atoms with Crippen LogP contribution in [0.5, 0.6) is 0 Å². The molecule has 0 saturated carbocycles. The lowest BCUT2D eigenvalue weighted by atomic mass is 9.98. The molecule has 0 radical (unpaired) electrons. The van der Waals surface area contributed by atoms with E-state index in [1.807, 2.05) is 13.8 Å². The Morgan fingerprint density at radius 3 is 2.33 bits per heavy atom. The van der Waals surface area contributed by atoms with Crippen LogP contribution in [0.25, 0.3) is 0 Å². The van der Waals surface area contributed by atoms with Crippen molar-refractivity contribution in [3.63, 3.8) is 0 Å². The Bertz CT molecular complexity index is 297. The van der Waals surface area contributed by atoms with Crippen molar-refractivity contribution in [2.75, 3.05) is 5.75 Å². The summed E-state index contributed by atoms with van der Waals surface area (Å²) < 4.78 is 0. The minimum Gasteiger partial charge on any atom is -0.299 e. The van der Waals surface area contributed by atoms with Crippen LogP contribution >= 0.6 is 11.8 Å². The molecule has 0 N–H and O–H groups in total. The molecule has 104 valence electrons. The van der Waals surface area contributed by atoms with Crippen molar-refractivity contribution < 1.29 is 9.59 Å². The van der Waals surface area contributed by atoms with E-state index >= 15 is 0 Å². The SMILES string of the molecule is C=C(C)C[C@@H](C)CC(=O)CSC(=O)C(C)CCC. The van der Waals surface area contributed by atoms with Gasteiger partial charge in [-0.15, -0.1) is 6.58 Å². The summed E-state index contributed by atoms with van der Waals surface area (Å²) in [6, 6.07) is 0. The third-order valence-electron chi connectivity index (χ3n) is 2.77. The number of rotatable bonds is 9. The van der Waals surface area contributed by atoms with Gasteiger partial charge in [-0.3, -0.25) is 9.59 Å². The summed E-state index contributed by atoms with van der Waals surface area (Å²) in [5.74, 6) is 0.901. The van der Waals surface area contributed by atoms with Crippen LogP contribution in [0.15, 0.2) is 12.2 Å². The third-order valence-corrected chi connectivity index (χ3v) is 3.93. The van der Waals surface area contributed by atoms with Crippen LogP contribution in [-0.4, -0.2) is 16.7 Å². The predicted octanol–water partition coefficient (Wildman–Crippen LogP) is 4.24. The Balaban J connectivity index is 3.89. The van der Waals surface area contributed by atoms with E-state index in [1.165, 1.54) is 11.8 Å². The molecule has 0 aliphatic rings. The van der Waals surface area contributed by atoms with Gasteiger partial charge in [0.25, 0.3) is 0 Å². The number of allylic oxidation sites excluding steroid dienone is 1. The lowest BCUT2D eigenvalue weighted by molar-refractivity contribution is -0.118. The van der Waals surface area contributed by atoms with E-state index in [0.717, 1.165) is 24.8 Å². The van der Waals surface area contributed by atoms with Crippen LogP contribution in [0.3, 0.4) is 0 Å². The average molecular weight is 270 g/mol. The first-order valence-electron chi connectivity index (χ1n) is 6.69. The van der Waals surface area contributed by atoms with E-state index in [2.05, 4.69) is 20.4 Å². The van der Waals surface area contributed by atoms with E-state index in [4.69, 9.17) is 0 Å². The van der Waals surface area contributed by atoms with E-state index in [1.54, 1.807) is 0 Å². The predicted molar refractivity (Wildman–Crippen MR) is 79.8 cm³/mol. The molecule has 0 aromatic heterocycles. The van der Waals surface area contributed by atoms with Crippen molar-refractivity contribution in [2.24, 2.45) is 11.8 Å². The van der Waals surface area contributed by atoms with Crippen molar-refractivity contribution in [3.8, 4) is 0 Å². The van der Waals surface area contributed by atoms with Gasteiger partial charge in [-0.25, -0.2) is 0 Å². The smallest absolute Gasteiger partial charge is 0.192 e. The minimum atomic E-state index is 0.0700. The number of Topliss-reactive ketones (excluding diaryl/α,β-unsaturated/α-hetero) is 1. The quantitative estimate of drug-likeness (QED) is 0.588. The zero-order chi connectivity index (χ0) is 14.1. The van der Waals surface area contributed by atoms with E-state index < -0.39 is 0 Å². The van der Waals surface area contributed by atoms with Crippen LogP contribution in [-0.2, 0) is 9.59 Å². The molecule has 0 amide bonds. The highest BCUT2D eigenvalue weighted by Gasteiger charge is 2.15. The summed E-state index contributed by atoms with van der Waals surface area (Å²) in [7, 11) is 0. The average Bonchev–Trinajstić information content (AvgIpc) is 2.24. The number of carbonyl (C=O) groups excluding carboxylic acids is 2. The van der Waals surface area contributed by atoms with Gasteiger partial charge in [0, 0.05) is 12.3 Å². The van der Waals surface area contributed by atoms with Gasteiger partial charge >= 0.3 is 0 Å². The van der Waals surface area contributed by atoms with Crippen molar-refractivity contribution in [2.45, 2.75) is 53.4 Å². The summed E-state index contributed by atoms with van der Waals surface area (Å²) in [5.41, 5.74) is 1.11. The van der Waals surface area contributed by atoms with Gasteiger partial charge < -0.3 is 0 Å². The van der Waals surface area contributed by atoms with Gasteiger partial charge in [-0.05, 0) is 25.7 Å². The molecular weight excluding hydrogens is 244 g/mol. The van der Waals surface area contributed by atoms with Crippen LogP contribution in [0.4, 0.5) is 0 Å². The molecular formula is C15H26O2S. The first-order valence-corrected chi connectivity index (χ1v) is 7.68. The second kappa shape index (κ2) is 9.37. The molecule has 0 heterocycles. The van der Waals surface area contributed by atoms with Gasteiger partial charge in [0.15, 0.2) is 5.12 Å². The maximum Gasteiger partial charge on any atom is 0.192 e. The molecule has 0 bridgehead atoms. The second-order valence-corrected chi connectivity index (χ2v) is 6.29. The molecule has 0 spiro atoms. The molecule has 0 fully saturated rings. The highest BCUT2D eigenvalue weighted by Crippen LogP contribution is 2.18. The van der Waals surface area contributed by atoms with Gasteiger partial charge in [0.1, 0.15) is 5.78 Å². The molecule has 0 saturated heterocycles. The van der Waals surface area contributed by atoms with Gasteiger partial charge in [0.2, 0.25) is 0 Å². The van der Waals surface area contributed by atoms with Gasteiger partial charge in [-0.1, -0.05) is 44.5 Å². The summed E-state index contributed by atoms with van der Waals surface area (Å²) in [6.07, 6.45) is 3.36. The Kier molecular flexibility index (Phi) is 9.08. The molecule has 3 heteroatoms. The van der Waals surface area contributed by atoms with E-state index in [9.17, 15) is 9.59 Å². The summed E-state index contributed by atoms with van der Waals surface area (Å²) in [5, 5.41) is 0.151. The first-order chi connectivity index (χ1) is 8.36. The zero-order valence-electron chi connectivity index (χ0n) is 12.1. The van der Waals surface area contributed by atoms with E-state index in [-0.39, 0.29) is 16.8 Å². The van der Waals surface area contributed by atoms with E-state index in [0.29, 0.717) is 18.1 Å². The lowest BCUT2D eigenvalue weighted by Gasteiger charge is -2.11. The maximum absolute atomic E-state index is 11.7. The first kappa shape index (κ1) is 17.4. The van der Waals surface area contributed by atoms with Crippen LogP contribution in [0.1, 0.15) is 53.4 Å². The molecule has 2 nitrogen and oxygen atoms in total. The maximum atomic E-state index is 11.7. The fraction of sp³-hybridized carbons (Fsp3) is 0.733. The van der Waals surface area contributed by atoms with Crippen molar-refractivity contribution in [3.05, 3.63) is 12.2 Å². The molecule has 0 aliphatic carbocycles. The highest BCUT2D eigenvalue weighted by atomic mass is 32.2. The Morgan fingerprint density at radius 2 is 1.83 bits per heavy atom. The molecule has 0 aromatic rings. The number of ketones is 1. The molecule has 2 atom stereocenters. The normalized spacial score (nSPS) is 14.0. The topological polar surface area (TPSA) is 34.1 Å². The Morgan fingerprint density at radius 1 is 1.22 bits per heavy atom. The summed E-state index contributed by atoms with van der Waals surface area (Å²) in [4.78, 5) is 23.4. The molecule has 0 aliphatic heterocycles. The standard InChI is InChI=1S/C15H26O2S/c1-6-7-13(5)15(17)18-10-14(16)9-12(4)8-11(2)3/h12-13H,2,6-10H2,1,3-5H3/t12-,13?/m1/s1. The van der Waals surface area contributed by atoms with Crippen molar-refractivity contribution in [1.29, 1.82) is 0 Å². The Labute approximate surface area is 116 Å². The van der Waals surface area contributed by atoms with Crippen LogP contribution in [0.2, 0.25) is 0 Å². The largest absolute Gasteiger partial charge is 0.299 e. The zero-order valence-corrected chi connectivity index (χ0v) is 12.9. The highest BCUT2D eigenvalue weighted by molar-refractivity contribution is 8.14. The minimum absolute atomic E-state index is 0.0700. The number of carbonyl (C=O) groups is 2. The van der Waals surface area contributed by atoms with Gasteiger partial charge in [-0.2, -0.15) is 0 Å². The van der Waals surface area contributed by atoms with Crippen LogP contribution in [0, 0.1) is 11.8 Å². The second-order valence-electron chi connectivity index (χ2n) is 5.31. The number of thioether (sulfide) groups is 1. The molecule has 0 rings (SSSR count). The molecule has 18 heavy (non-hydrogen) atoms. The molecule has 1 unspecified atom stereocenters. The van der Waals surface area contributed by atoms with Crippen molar-refractivity contribution in [1.82, 2.24) is 0 Å². The van der Waals surface area contributed by atoms with Crippen molar-refractivity contribution >= 4 is 22.7 Å². The third kappa shape index (κ3) is 8.51. The Hall–Kier alpha value is -0.570. The molecule has 0 aromatic carbocycles.